The SMILES string of the molecule is CC.Cc1cccc(Cl)c1NC(=O)c1cnc(Nc2ncnc(N3CCN(CCN=O)CC3)c2C)s1. The van der Waals surface area contributed by atoms with Gasteiger partial charge in [0, 0.05) is 38.3 Å². The number of carbonyl (C=O) groups excluding carboxylic acids is 1. The van der Waals surface area contributed by atoms with E-state index in [0.29, 0.717) is 39.6 Å². The summed E-state index contributed by atoms with van der Waals surface area (Å²) < 4.78 is 0. The van der Waals surface area contributed by atoms with E-state index in [2.05, 4.69) is 40.6 Å². The molecule has 0 saturated carbocycles. The van der Waals surface area contributed by atoms with Gasteiger partial charge in [0.05, 0.1) is 23.5 Å². The van der Waals surface area contributed by atoms with Crippen LogP contribution in [0.15, 0.2) is 35.9 Å². The molecule has 0 atom stereocenters. The summed E-state index contributed by atoms with van der Waals surface area (Å²) in [6.07, 6.45) is 3.05. The van der Waals surface area contributed by atoms with Crippen LogP contribution in [0.3, 0.4) is 0 Å². The maximum Gasteiger partial charge on any atom is 0.267 e. The van der Waals surface area contributed by atoms with Gasteiger partial charge < -0.3 is 15.5 Å². The van der Waals surface area contributed by atoms with E-state index in [1.54, 1.807) is 6.07 Å². The zero-order valence-corrected chi connectivity index (χ0v) is 22.5. The number of hydrogen-bond donors (Lipinski definition) is 2. The van der Waals surface area contributed by atoms with Crippen molar-refractivity contribution in [1.29, 1.82) is 0 Å². The number of halogens is 1. The summed E-state index contributed by atoms with van der Waals surface area (Å²) in [4.78, 5) is 41.2. The fraction of sp³-hybridized carbons (Fsp3) is 0.417. The molecule has 3 aromatic rings. The van der Waals surface area contributed by atoms with Crippen LogP contribution in [0.4, 0.5) is 22.5 Å². The van der Waals surface area contributed by atoms with Crippen LogP contribution in [0.2, 0.25) is 5.02 Å². The van der Waals surface area contributed by atoms with Gasteiger partial charge in [-0.3, -0.25) is 9.69 Å². The van der Waals surface area contributed by atoms with E-state index in [1.165, 1.54) is 23.9 Å². The van der Waals surface area contributed by atoms with Gasteiger partial charge >= 0.3 is 0 Å². The first-order valence-corrected chi connectivity index (χ1v) is 13.0. The number of amides is 1. The quantitative estimate of drug-likeness (QED) is 0.386. The van der Waals surface area contributed by atoms with Crippen LogP contribution in [0, 0.1) is 18.8 Å². The van der Waals surface area contributed by atoms with Crippen LogP contribution in [-0.2, 0) is 0 Å². The first kappa shape index (κ1) is 27.4. The summed E-state index contributed by atoms with van der Waals surface area (Å²) in [5.74, 6) is 1.22. The van der Waals surface area contributed by atoms with Crippen molar-refractivity contribution in [3.63, 3.8) is 0 Å². The third kappa shape index (κ3) is 6.74. The van der Waals surface area contributed by atoms with Gasteiger partial charge in [-0.15, -0.1) is 0 Å². The molecule has 10 nitrogen and oxygen atoms in total. The number of benzene rings is 1. The molecule has 192 valence electrons. The van der Waals surface area contributed by atoms with Gasteiger partial charge in [-0.05, 0) is 25.5 Å². The Labute approximate surface area is 220 Å². The van der Waals surface area contributed by atoms with Gasteiger partial charge in [0.1, 0.15) is 22.8 Å². The zero-order valence-electron chi connectivity index (χ0n) is 20.9. The van der Waals surface area contributed by atoms with E-state index in [4.69, 9.17) is 11.6 Å². The van der Waals surface area contributed by atoms with Crippen LogP contribution in [0.25, 0.3) is 0 Å². The highest BCUT2D eigenvalue weighted by molar-refractivity contribution is 7.17. The number of nitrogens with zero attached hydrogens (tertiary/aromatic N) is 6. The number of aryl methyl sites for hydroxylation is 1. The van der Waals surface area contributed by atoms with E-state index in [9.17, 15) is 9.70 Å². The molecule has 0 aliphatic carbocycles. The lowest BCUT2D eigenvalue weighted by Gasteiger charge is -2.35. The van der Waals surface area contributed by atoms with E-state index in [0.717, 1.165) is 43.1 Å². The highest BCUT2D eigenvalue weighted by Gasteiger charge is 2.21. The molecule has 0 bridgehead atoms. The van der Waals surface area contributed by atoms with Gasteiger partial charge in [0.2, 0.25) is 0 Å². The average molecular weight is 531 g/mol. The van der Waals surface area contributed by atoms with Gasteiger partial charge in [-0.2, -0.15) is 4.91 Å². The molecule has 1 aromatic carbocycles. The maximum atomic E-state index is 12.7. The van der Waals surface area contributed by atoms with Gasteiger partial charge in [0.15, 0.2) is 5.13 Å². The Kier molecular flexibility index (Phi) is 10.1. The Morgan fingerprint density at radius 3 is 2.58 bits per heavy atom. The van der Waals surface area contributed by atoms with Crippen molar-refractivity contribution < 1.29 is 4.79 Å². The number of para-hydroxylation sites is 1. The largest absolute Gasteiger partial charge is 0.354 e. The van der Waals surface area contributed by atoms with Crippen molar-refractivity contribution in [2.24, 2.45) is 5.18 Å². The highest BCUT2D eigenvalue weighted by Crippen LogP contribution is 2.30. The Morgan fingerprint density at radius 1 is 1.14 bits per heavy atom. The van der Waals surface area contributed by atoms with Crippen LogP contribution < -0.4 is 15.5 Å². The number of thiazole rings is 1. The lowest BCUT2D eigenvalue weighted by molar-refractivity contribution is 0.103. The molecule has 3 heterocycles. The third-order valence-corrected chi connectivity index (χ3v) is 6.88. The molecule has 2 aromatic heterocycles. The van der Waals surface area contributed by atoms with Gasteiger partial charge in [-0.25, -0.2) is 15.0 Å². The van der Waals surface area contributed by atoms with Crippen molar-refractivity contribution in [2.45, 2.75) is 27.7 Å². The molecule has 36 heavy (non-hydrogen) atoms. The maximum absolute atomic E-state index is 12.7. The average Bonchev–Trinajstić information content (AvgIpc) is 3.37. The zero-order chi connectivity index (χ0) is 26.1. The second kappa shape index (κ2) is 13.2. The number of nitrogens with one attached hydrogen (secondary N) is 2. The topological polar surface area (TPSA) is 116 Å². The van der Waals surface area contributed by atoms with Crippen molar-refractivity contribution in [1.82, 2.24) is 19.9 Å². The highest BCUT2D eigenvalue weighted by atomic mass is 35.5. The number of rotatable bonds is 8. The molecule has 1 amide bonds. The monoisotopic (exact) mass is 530 g/mol. The fourth-order valence-corrected chi connectivity index (χ4v) is 4.73. The molecule has 1 aliphatic rings. The lowest BCUT2D eigenvalue weighted by Crippen LogP contribution is -2.47. The predicted octanol–water partition coefficient (Wildman–Crippen LogP) is 5.11. The number of piperazine rings is 1. The predicted molar refractivity (Wildman–Crippen MR) is 147 cm³/mol. The first-order valence-electron chi connectivity index (χ1n) is 11.8. The Morgan fingerprint density at radius 2 is 1.89 bits per heavy atom. The smallest absolute Gasteiger partial charge is 0.267 e. The first-order chi connectivity index (χ1) is 17.5. The number of aromatic nitrogens is 3. The lowest BCUT2D eigenvalue weighted by atomic mass is 10.2. The molecule has 0 spiro atoms. The fourth-order valence-electron chi connectivity index (χ4n) is 3.75. The van der Waals surface area contributed by atoms with Crippen LogP contribution in [0.5, 0.6) is 0 Å². The van der Waals surface area contributed by atoms with Crippen molar-refractivity contribution in [2.75, 3.05) is 54.8 Å². The Bertz CT molecular complexity index is 1160. The molecule has 1 fully saturated rings. The standard InChI is InChI=1S/C22H25ClN8O2S.C2H6/c1-14-4-3-5-16(23)18(14)28-21(32)17-12-24-22(34-17)29-19-15(2)20(26-13-25-19)31-10-8-30(9-11-31)7-6-27-33;1-2/h3-5,12-13H,6-11H2,1-2H3,(H,28,32)(H,24,25,26,29);1-2H3. The molecule has 4 rings (SSSR count). The molecule has 0 unspecified atom stereocenters. The summed E-state index contributed by atoms with van der Waals surface area (Å²) in [6, 6.07) is 5.46. The Balaban J connectivity index is 0.00000176. The molecular weight excluding hydrogens is 500 g/mol. The molecular formula is C24H31ClN8O2S. The number of carbonyl (C=O) groups is 1. The minimum Gasteiger partial charge on any atom is -0.354 e. The summed E-state index contributed by atoms with van der Waals surface area (Å²) in [5, 5.41) is 10.1. The molecule has 0 radical (unpaired) electrons. The number of anilines is 4. The molecule has 1 saturated heterocycles. The van der Waals surface area contributed by atoms with Crippen molar-refractivity contribution >= 4 is 51.3 Å². The van der Waals surface area contributed by atoms with E-state index < -0.39 is 0 Å². The van der Waals surface area contributed by atoms with Gasteiger partial charge in [0.25, 0.3) is 5.91 Å². The minimum absolute atomic E-state index is 0.274. The van der Waals surface area contributed by atoms with E-state index >= 15 is 0 Å². The van der Waals surface area contributed by atoms with E-state index in [1.807, 2.05) is 39.8 Å². The molecule has 12 heteroatoms. The Hall–Kier alpha value is -3.15. The summed E-state index contributed by atoms with van der Waals surface area (Å²) >= 11 is 7.46. The molecule has 1 aliphatic heterocycles. The van der Waals surface area contributed by atoms with Crippen LogP contribution in [-0.4, -0.2) is 65.0 Å². The second-order valence-electron chi connectivity index (χ2n) is 7.89. The number of hydrogen-bond acceptors (Lipinski definition) is 10. The van der Waals surface area contributed by atoms with Crippen LogP contribution >= 0.6 is 22.9 Å². The summed E-state index contributed by atoms with van der Waals surface area (Å²) in [5.41, 5.74) is 2.38. The third-order valence-electron chi connectivity index (χ3n) is 5.65. The van der Waals surface area contributed by atoms with Crippen molar-refractivity contribution in [3.8, 4) is 0 Å². The normalized spacial score (nSPS) is 13.5. The summed E-state index contributed by atoms with van der Waals surface area (Å²) in [6.45, 7) is 12.1. The van der Waals surface area contributed by atoms with Crippen LogP contribution in [0.1, 0.15) is 34.6 Å². The van der Waals surface area contributed by atoms with Gasteiger partial charge in [-0.1, -0.05) is 54.1 Å². The number of nitroso groups, excluding NO2 is 1. The molecule has 2 N–H and O–H groups in total. The second-order valence-corrected chi connectivity index (χ2v) is 9.33. The van der Waals surface area contributed by atoms with E-state index in [-0.39, 0.29) is 5.91 Å². The summed E-state index contributed by atoms with van der Waals surface area (Å²) in [7, 11) is 0. The minimum atomic E-state index is -0.274. The van der Waals surface area contributed by atoms with Crippen molar-refractivity contribution in [3.05, 3.63) is 56.7 Å².